The summed E-state index contributed by atoms with van der Waals surface area (Å²) in [6, 6.07) is 15.1. The van der Waals surface area contributed by atoms with Gasteiger partial charge in [0.05, 0.1) is 10.9 Å². The number of hydrogen-bond acceptors (Lipinski definition) is 3. The molecule has 1 heterocycles. The van der Waals surface area contributed by atoms with Gasteiger partial charge in [-0.2, -0.15) is 0 Å². The molecule has 1 N–H and O–H groups in total. The van der Waals surface area contributed by atoms with Gasteiger partial charge < -0.3 is 9.52 Å². The first-order valence-corrected chi connectivity index (χ1v) is 7.43. The molecule has 0 aliphatic carbocycles. The smallest absolute Gasteiger partial charge is 0.343 e. The molecule has 0 spiro atoms. The van der Waals surface area contributed by atoms with Gasteiger partial charge in [0.1, 0.15) is 11.3 Å². The van der Waals surface area contributed by atoms with Crippen molar-refractivity contribution >= 4 is 11.0 Å². The van der Waals surface area contributed by atoms with Crippen LogP contribution in [0.15, 0.2) is 57.7 Å². The topological polar surface area (TPSA) is 50.4 Å². The van der Waals surface area contributed by atoms with Crippen LogP contribution in [0.3, 0.4) is 0 Å². The highest BCUT2D eigenvalue weighted by Crippen LogP contribution is 2.35. The second-order valence-corrected chi connectivity index (χ2v) is 5.52. The predicted molar refractivity (Wildman–Crippen MR) is 87.5 cm³/mol. The van der Waals surface area contributed by atoms with E-state index in [0.717, 1.165) is 11.1 Å². The maximum Gasteiger partial charge on any atom is 0.343 e. The molecule has 1 atom stereocenters. The molecule has 0 saturated heterocycles. The molecule has 112 valence electrons. The number of benzene rings is 2. The Morgan fingerprint density at radius 2 is 1.77 bits per heavy atom. The minimum Gasteiger partial charge on any atom is -0.507 e. The van der Waals surface area contributed by atoms with Crippen LogP contribution in [0.2, 0.25) is 0 Å². The number of hydrogen-bond donors (Lipinski definition) is 1. The fourth-order valence-electron chi connectivity index (χ4n) is 2.86. The zero-order valence-electron chi connectivity index (χ0n) is 12.7. The van der Waals surface area contributed by atoms with Gasteiger partial charge in [-0.15, -0.1) is 0 Å². The first-order valence-electron chi connectivity index (χ1n) is 7.43. The first-order chi connectivity index (χ1) is 10.6. The van der Waals surface area contributed by atoms with Gasteiger partial charge in [-0.05, 0) is 31.0 Å². The lowest BCUT2D eigenvalue weighted by molar-refractivity contribution is 0.450. The number of rotatable bonds is 3. The quantitative estimate of drug-likeness (QED) is 0.731. The van der Waals surface area contributed by atoms with E-state index in [-0.39, 0.29) is 11.7 Å². The molecule has 0 aliphatic rings. The van der Waals surface area contributed by atoms with Crippen LogP contribution in [-0.4, -0.2) is 5.11 Å². The lowest BCUT2D eigenvalue weighted by Crippen LogP contribution is -2.13. The maximum atomic E-state index is 12.4. The van der Waals surface area contributed by atoms with Crippen LogP contribution in [0.4, 0.5) is 0 Å². The van der Waals surface area contributed by atoms with Gasteiger partial charge in [0.15, 0.2) is 0 Å². The SMILES string of the molecule is CC[C@@H](c1ccc(C)cc1)c1c(O)c2ccccc2oc1=O. The van der Waals surface area contributed by atoms with Crippen LogP contribution >= 0.6 is 0 Å². The van der Waals surface area contributed by atoms with Crippen LogP contribution in [0.1, 0.15) is 36.0 Å². The van der Waals surface area contributed by atoms with E-state index in [1.54, 1.807) is 18.2 Å². The van der Waals surface area contributed by atoms with Gasteiger partial charge in [-0.3, -0.25) is 0 Å². The summed E-state index contributed by atoms with van der Waals surface area (Å²) in [6.07, 6.45) is 0.708. The van der Waals surface area contributed by atoms with E-state index in [4.69, 9.17) is 4.42 Å². The van der Waals surface area contributed by atoms with Crippen molar-refractivity contribution < 1.29 is 9.52 Å². The Hall–Kier alpha value is -2.55. The molecular weight excluding hydrogens is 276 g/mol. The Morgan fingerprint density at radius 3 is 2.45 bits per heavy atom. The van der Waals surface area contributed by atoms with Crippen molar-refractivity contribution in [2.45, 2.75) is 26.2 Å². The van der Waals surface area contributed by atoms with Crippen LogP contribution in [0.25, 0.3) is 11.0 Å². The lowest BCUT2D eigenvalue weighted by atomic mass is 9.88. The highest BCUT2D eigenvalue weighted by atomic mass is 16.4. The molecule has 0 radical (unpaired) electrons. The molecule has 0 aliphatic heterocycles. The molecule has 3 aromatic rings. The fraction of sp³-hybridized carbons (Fsp3) is 0.211. The molecule has 0 fully saturated rings. The average molecular weight is 294 g/mol. The summed E-state index contributed by atoms with van der Waals surface area (Å²) >= 11 is 0. The molecule has 3 nitrogen and oxygen atoms in total. The minimum atomic E-state index is -0.469. The van der Waals surface area contributed by atoms with Crippen LogP contribution in [0, 0.1) is 6.92 Å². The van der Waals surface area contributed by atoms with E-state index < -0.39 is 5.63 Å². The normalized spacial score (nSPS) is 12.5. The Labute approximate surface area is 128 Å². The third kappa shape index (κ3) is 2.39. The van der Waals surface area contributed by atoms with Crippen LogP contribution < -0.4 is 5.63 Å². The lowest BCUT2D eigenvalue weighted by Gasteiger charge is -2.17. The van der Waals surface area contributed by atoms with Gasteiger partial charge in [-0.1, -0.05) is 48.9 Å². The predicted octanol–water partition coefficient (Wildman–Crippen LogP) is 4.35. The summed E-state index contributed by atoms with van der Waals surface area (Å²) in [5.74, 6) is -0.152. The third-order valence-corrected chi connectivity index (χ3v) is 4.06. The van der Waals surface area contributed by atoms with E-state index in [9.17, 15) is 9.90 Å². The van der Waals surface area contributed by atoms with Crippen molar-refractivity contribution in [3.05, 3.63) is 75.6 Å². The summed E-state index contributed by atoms with van der Waals surface area (Å²) in [6.45, 7) is 4.02. The Bertz CT molecular complexity index is 860. The summed E-state index contributed by atoms with van der Waals surface area (Å²) in [5, 5.41) is 11.2. The second-order valence-electron chi connectivity index (χ2n) is 5.52. The first kappa shape index (κ1) is 14.4. The monoisotopic (exact) mass is 294 g/mol. The number of aromatic hydroxyl groups is 1. The number of fused-ring (bicyclic) bond motifs is 1. The Morgan fingerprint density at radius 1 is 1.09 bits per heavy atom. The Balaban J connectivity index is 2.23. The standard InChI is InChI=1S/C19H18O3/c1-3-14(13-10-8-12(2)9-11-13)17-18(20)15-6-4-5-7-16(15)22-19(17)21/h4-11,14,20H,3H2,1-2H3/t14-/m0/s1. The molecular formula is C19H18O3. The van der Waals surface area contributed by atoms with Gasteiger partial charge >= 0.3 is 5.63 Å². The second kappa shape index (κ2) is 5.68. The van der Waals surface area contributed by atoms with E-state index in [1.165, 1.54) is 0 Å². The van der Waals surface area contributed by atoms with Gasteiger partial charge in [0.2, 0.25) is 0 Å². The molecule has 0 unspecified atom stereocenters. The van der Waals surface area contributed by atoms with Crippen molar-refractivity contribution in [2.75, 3.05) is 0 Å². The molecule has 1 aromatic heterocycles. The summed E-state index contributed by atoms with van der Waals surface area (Å²) in [4.78, 5) is 12.4. The van der Waals surface area contributed by atoms with E-state index in [2.05, 4.69) is 0 Å². The fourth-order valence-corrected chi connectivity index (χ4v) is 2.86. The summed E-state index contributed by atoms with van der Waals surface area (Å²) in [5.41, 5.74) is 2.44. The zero-order valence-corrected chi connectivity index (χ0v) is 12.7. The highest BCUT2D eigenvalue weighted by Gasteiger charge is 2.23. The summed E-state index contributed by atoms with van der Waals surface area (Å²) in [7, 11) is 0. The average Bonchev–Trinajstić information content (AvgIpc) is 2.52. The molecule has 0 amide bonds. The maximum absolute atomic E-state index is 12.4. The molecule has 2 aromatic carbocycles. The van der Waals surface area contributed by atoms with Crippen LogP contribution in [0.5, 0.6) is 5.75 Å². The third-order valence-electron chi connectivity index (χ3n) is 4.06. The van der Waals surface area contributed by atoms with E-state index in [0.29, 0.717) is 23.0 Å². The van der Waals surface area contributed by atoms with Gasteiger partial charge in [0.25, 0.3) is 0 Å². The van der Waals surface area contributed by atoms with Crippen molar-refractivity contribution in [3.63, 3.8) is 0 Å². The zero-order chi connectivity index (χ0) is 15.7. The molecule has 3 heteroatoms. The highest BCUT2D eigenvalue weighted by molar-refractivity contribution is 5.84. The van der Waals surface area contributed by atoms with Crippen LogP contribution in [-0.2, 0) is 0 Å². The van der Waals surface area contributed by atoms with E-state index in [1.807, 2.05) is 44.2 Å². The molecule has 22 heavy (non-hydrogen) atoms. The van der Waals surface area contributed by atoms with Crippen molar-refractivity contribution in [3.8, 4) is 5.75 Å². The van der Waals surface area contributed by atoms with Crippen molar-refractivity contribution in [2.24, 2.45) is 0 Å². The largest absolute Gasteiger partial charge is 0.507 e. The molecule has 3 rings (SSSR count). The van der Waals surface area contributed by atoms with Crippen molar-refractivity contribution in [1.82, 2.24) is 0 Å². The molecule has 0 saturated carbocycles. The Kier molecular flexibility index (Phi) is 3.72. The number of para-hydroxylation sites is 1. The van der Waals surface area contributed by atoms with Gasteiger partial charge in [-0.25, -0.2) is 4.79 Å². The van der Waals surface area contributed by atoms with E-state index >= 15 is 0 Å². The molecule has 0 bridgehead atoms. The minimum absolute atomic E-state index is 0.0271. The number of aryl methyl sites for hydroxylation is 1. The van der Waals surface area contributed by atoms with Crippen molar-refractivity contribution in [1.29, 1.82) is 0 Å². The summed E-state index contributed by atoms with van der Waals surface area (Å²) < 4.78 is 5.39. The van der Waals surface area contributed by atoms with Gasteiger partial charge in [0, 0.05) is 5.92 Å².